The van der Waals surface area contributed by atoms with Crippen molar-refractivity contribution in [2.45, 2.75) is 33.9 Å². The molecule has 0 spiro atoms. The number of benzene rings is 1. The summed E-state index contributed by atoms with van der Waals surface area (Å²) in [6, 6.07) is 2.58. The lowest BCUT2D eigenvalue weighted by atomic mass is 10.1. The molecule has 1 saturated heterocycles. The molecule has 0 radical (unpaired) electrons. The minimum Gasteiger partial charge on any atom is -0.362 e. The van der Waals surface area contributed by atoms with Crippen molar-refractivity contribution < 1.29 is 22.9 Å². The zero-order chi connectivity index (χ0) is 22.4. The number of hydrogen-bond donors (Lipinski definition) is 0. The normalized spacial score (nSPS) is 23.2. The van der Waals surface area contributed by atoms with Crippen molar-refractivity contribution in [1.29, 1.82) is 0 Å². The highest BCUT2D eigenvalue weighted by Crippen LogP contribution is 2.60. The van der Waals surface area contributed by atoms with Gasteiger partial charge < -0.3 is 9.80 Å². The van der Waals surface area contributed by atoms with E-state index >= 15 is 0 Å². The van der Waals surface area contributed by atoms with Crippen molar-refractivity contribution >= 4 is 17.3 Å². The molecule has 1 saturated carbocycles. The van der Waals surface area contributed by atoms with Gasteiger partial charge in [0.1, 0.15) is 5.69 Å². The monoisotopic (exact) mass is 425 g/mol. The van der Waals surface area contributed by atoms with E-state index in [1.807, 2.05) is 13.8 Å². The second kappa shape index (κ2) is 7.59. The van der Waals surface area contributed by atoms with Crippen LogP contribution in [-0.4, -0.2) is 41.9 Å². The zero-order valence-electron chi connectivity index (χ0n) is 17.5. The van der Waals surface area contributed by atoms with E-state index in [1.165, 1.54) is 5.57 Å². The van der Waals surface area contributed by atoms with Gasteiger partial charge in [0.05, 0.1) is 16.4 Å². The van der Waals surface area contributed by atoms with Crippen molar-refractivity contribution in [1.82, 2.24) is 4.90 Å². The molecular formula is C21H26F3N3O3. The third-order valence-electron chi connectivity index (χ3n) is 6.12. The summed E-state index contributed by atoms with van der Waals surface area (Å²) in [5, 5.41) is 11.4. The molecule has 164 valence electrons. The maximum atomic E-state index is 13.0. The molecule has 3 rings (SSSR count). The van der Waals surface area contributed by atoms with Crippen LogP contribution >= 0.6 is 0 Å². The number of amides is 1. The number of piperazine rings is 1. The lowest BCUT2D eigenvalue weighted by Gasteiger charge is -2.36. The van der Waals surface area contributed by atoms with Crippen LogP contribution in [-0.2, 0) is 11.0 Å². The minimum absolute atomic E-state index is 0.0732. The molecule has 2 unspecified atom stereocenters. The number of carbonyl (C=O) groups is 1. The Balaban J connectivity index is 1.71. The Bertz CT molecular complexity index is 883. The number of hydrogen-bond acceptors (Lipinski definition) is 4. The number of nitrogens with zero attached hydrogens (tertiary/aromatic N) is 3. The van der Waals surface area contributed by atoms with E-state index in [0.717, 1.165) is 12.1 Å². The van der Waals surface area contributed by atoms with E-state index in [2.05, 4.69) is 19.9 Å². The fourth-order valence-electron chi connectivity index (χ4n) is 4.30. The van der Waals surface area contributed by atoms with Gasteiger partial charge in [-0.05, 0) is 37.3 Å². The van der Waals surface area contributed by atoms with Crippen LogP contribution in [0.15, 0.2) is 29.8 Å². The van der Waals surface area contributed by atoms with Gasteiger partial charge in [-0.15, -0.1) is 0 Å². The molecule has 1 aliphatic carbocycles. The Morgan fingerprint density at radius 2 is 1.80 bits per heavy atom. The van der Waals surface area contributed by atoms with Crippen LogP contribution in [0.2, 0.25) is 0 Å². The van der Waals surface area contributed by atoms with E-state index in [9.17, 15) is 28.1 Å². The van der Waals surface area contributed by atoms with Crippen molar-refractivity contribution in [3.8, 4) is 0 Å². The number of nitro groups is 1. The fraction of sp³-hybridized carbons (Fsp3) is 0.571. The summed E-state index contributed by atoms with van der Waals surface area (Å²) < 4.78 is 38.7. The summed E-state index contributed by atoms with van der Waals surface area (Å²) in [4.78, 5) is 27.0. The maximum absolute atomic E-state index is 13.0. The van der Waals surface area contributed by atoms with E-state index in [-0.39, 0.29) is 28.8 Å². The minimum atomic E-state index is -4.65. The van der Waals surface area contributed by atoms with Crippen molar-refractivity contribution in [2.75, 3.05) is 31.1 Å². The standard InChI is InChI=1S/C21H26F3N3O3/c1-13(2)11-15-18(20(15,3)4)19(28)26-9-7-25(8-10-26)16-6-5-14(21(22,23)24)12-17(16)27(29)30/h5-6,11-12,15,18H,7-10H2,1-4H3. The predicted molar refractivity (Wildman–Crippen MR) is 107 cm³/mol. The van der Waals surface area contributed by atoms with E-state index in [0.29, 0.717) is 32.2 Å². The molecule has 1 heterocycles. The van der Waals surface area contributed by atoms with Gasteiger partial charge in [-0.1, -0.05) is 25.5 Å². The summed E-state index contributed by atoms with van der Waals surface area (Å²) in [6.07, 6.45) is -2.52. The highest BCUT2D eigenvalue weighted by molar-refractivity contribution is 5.84. The number of allylic oxidation sites excluding steroid dienone is 2. The first-order valence-corrected chi connectivity index (χ1v) is 9.88. The number of halogens is 3. The largest absolute Gasteiger partial charge is 0.416 e. The summed E-state index contributed by atoms with van der Waals surface area (Å²) in [5.41, 5.74) is -0.404. The first-order valence-electron chi connectivity index (χ1n) is 9.88. The number of carbonyl (C=O) groups excluding carboxylic acids is 1. The molecule has 9 heteroatoms. The lowest BCUT2D eigenvalue weighted by Crippen LogP contribution is -2.49. The van der Waals surface area contributed by atoms with Gasteiger partial charge in [-0.2, -0.15) is 13.2 Å². The number of nitro benzene ring substituents is 1. The van der Waals surface area contributed by atoms with Gasteiger partial charge in [-0.25, -0.2) is 0 Å². The first kappa shape index (κ1) is 22.1. The van der Waals surface area contributed by atoms with Crippen LogP contribution in [0.25, 0.3) is 0 Å². The quantitative estimate of drug-likeness (QED) is 0.405. The fourth-order valence-corrected chi connectivity index (χ4v) is 4.30. The number of anilines is 1. The molecule has 1 aromatic carbocycles. The average molecular weight is 425 g/mol. The van der Waals surface area contributed by atoms with Crippen LogP contribution in [0.5, 0.6) is 0 Å². The summed E-state index contributed by atoms with van der Waals surface area (Å²) in [6.45, 7) is 9.58. The topological polar surface area (TPSA) is 66.7 Å². The van der Waals surface area contributed by atoms with Gasteiger partial charge in [0.2, 0.25) is 5.91 Å². The van der Waals surface area contributed by atoms with E-state index in [4.69, 9.17) is 0 Å². The summed E-state index contributed by atoms with van der Waals surface area (Å²) in [7, 11) is 0. The number of alkyl halides is 3. The highest BCUT2D eigenvalue weighted by Gasteiger charge is 2.61. The third-order valence-corrected chi connectivity index (χ3v) is 6.12. The molecule has 30 heavy (non-hydrogen) atoms. The third kappa shape index (κ3) is 4.15. The molecule has 2 aliphatic rings. The van der Waals surface area contributed by atoms with Gasteiger partial charge in [0, 0.05) is 32.2 Å². The SMILES string of the molecule is CC(C)=CC1C(C(=O)N2CCN(c3ccc(C(F)(F)F)cc3[N+](=O)[O-])CC2)C1(C)C. The van der Waals surface area contributed by atoms with Gasteiger partial charge >= 0.3 is 6.18 Å². The molecule has 0 N–H and O–H groups in total. The van der Waals surface area contributed by atoms with Crippen LogP contribution < -0.4 is 4.90 Å². The predicted octanol–water partition coefficient (Wildman–Crippen LogP) is 4.50. The second-order valence-electron chi connectivity index (χ2n) is 8.84. The van der Waals surface area contributed by atoms with Crippen molar-refractivity contribution in [2.24, 2.45) is 17.3 Å². The number of rotatable bonds is 4. The molecule has 1 aliphatic heterocycles. The Hall–Kier alpha value is -2.58. The van der Waals surface area contributed by atoms with Gasteiger partial charge in [0.25, 0.3) is 5.69 Å². The summed E-state index contributed by atoms with van der Waals surface area (Å²) >= 11 is 0. The molecule has 0 bridgehead atoms. The van der Waals surface area contributed by atoms with Gasteiger partial charge in [0.15, 0.2) is 0 Å². The van der Waals surface area contributed by atoms with Gasteiger partial charge in [-0.3, -0.25) is 14.9 Å². The van der Waals surface area contributed by atoms with Crippen molar-refractivity contribution in [3.63, 3.8) is 0 Å². The smallest absolute Gasteiger partial charge is 0.362 e. The van der Waals surface area contributed by atoms with Crippen LogP contribution in [0.4, 0.5) is 24.5 Å². The molecule has 6 nitrogen and oxygen atoms in total. The first-order chi connectivity index (χ1) is 13.8. The van der Waals surface area contributed by atoms with Crippen LogP contribution in [0, 0.1) is 27.4 Å². The zero-order valence-corrected chi connectivity index (χ0v) is 17.5. The Morgan fingerprint density at radius 3 is 2.30 bits per heavy atom. The summed E-state index contributed by atoms with van der Waals surface area (Å²) in [5.74, 6) is 0.187. The maximum Gasteiger partial charge on any atom is 0.416 e. The molecule has 1 amide bonds. The van der Waals surface area contributed by atoms with E-state index < -0.39 is 22.4 Å². The molecule has 2 atom stereocenters. The van der Waals surface area contributed by atoms with E-state index in [1.54, 1.807) is 9.80 Å². The van der Waals surface area contributed by atoms with Crippen molar-refractivity contribution in [3.05, 3.63) is 45.5 Å². The molecular weight excluding hydrogens is 399 g/mol. The second-order valence-corrected chi connectivity index (χ2v) is 8.84. The molecule has 0 aromatic heterocycles. The Kier molecular flexibility index (Phi) is 5.60. The Morgan fingerprint density at radius 1 is 1.20 bits per heavy atom. The lowest BCUT2D eigenvalue weighted by molar-refractivity contribution is -0.384. The van der Waals surface area contributed by atoms with Crippen LogP contribution in [0.3, 0.4) is 0 Å². The Labute approximate surface area is 173 Å². The highest BCUT2D eigenvalue weighted by atomic mass is 19.4. The molecule has 1 aromatic rings. The average Bonchev–Trinajstić information content (AvgIpc) is 3.19. The molecule has 2 fully saturated rings. The van der Waals surface area contributed by atoms with Crippen LogP contribution in [0.1, 0.15) is 33.3 Å².